The monoisotopic (exact) mass is 389 g/mol. The quantitative estimate of drug-likeness (QED) is 0.625. The normalized spacial score (nSPS) is 33.2. The van der Waals surface area contributed by atoms with Crippen molar-refractivity contribution in [2.24, 2.45) is 5.92 Å². The van der Waals surface area contributed by atoms with Gasteiger partial charge in [-0.3, -0.25) is 9.63 Å². The second kappa shape index (κ2) is 5.59. The molecule has 4 atom stereocenters. The lowest BCUT2D eigenvalue weighted by molar-refractivity contribution is -0.195. The molecule has 2 fully saturated rings. The highest BCUT2D eigenvalue weighted by molar-refractivity contribution is 14.1. The van der Waals surface area contributed by atoms with Crippen LogP contribution in [0.2, 0.25) is 0 Å². The maximum Gasteiger partial charge on any atom is 0.326 e. The minimum absolute atomic E-state index is 0.102. The van der Waals surface area contributed by atoms with Crippen LogP contribution >= 0.6 is 22.6 Å². The molecule has 1 aromatic carbocycles. The Balaban J connectivity index is 1.82. The van der Waals surface area contributed by atoms with E-state index in [1.807, 2.05) is 25.1 Å². The fourth-order valence-electron chi connectivity index (χ4n) is 2.98. The van der Waals surface area contributed by atoms with E-state index in [2.05, 4.69) is 28.7 Å². The molecule has 6 heteroatoms. The number of hydrogen-bond acceptors (Lipinski definition) is 5. The highest BCUT2D eigenvalue weighted by Gasteiger charge is 2.55. The Morgan fingerprint density at radius 3 is 2.95 bits per heavy atom. The van der Waals surface area contributed by atoms with E-state index in [4.69, 9.17) is 9.57 Å². The van der Waals surface area contributed by atoms with E-state index >= 15 is 0 Å². The van der Waals surface area contributed by atoms with Crippen molar-refractivity contribution in [3.05, 3.63) is 33.4 Å². The van der Waals surface area contributed by atoms with Crippen molar-refractivity contribution >= 4 is 28.6 Å². The van der Waals surface area contributed by atoms with Gasteiger partial charge in [-0.1, -0.05) is 12.1 Å². The van der Waals surface area contributed by atoms with E-state index in [0.29, 0.717) is 6.54 Å². The van der Waals surface area contributed by atoms with Crippen molar-refractivity contribution in [3.8, 4) is 0 Å². The highest BCUT2D eigenvalue weighted by Crippen LogP contribution is 2.38. The number of benzene rings is 1. The summed E-state index contributed by atoms with van der Waals surface area (Å²) in [6, 6.07) is 7.62. The van der Waals surface area contributed by atoms with Crippen molar-refractivity contribution in [2.75, 3.05) is 6.61 Å². The third kappa shape index (κ3) is 2.45. The predicted octanol–water partition coefficient (Wildman–Crippen LogP) is 1.33. The minimum atomic E-state index is -0.417. The van der Waals surface area contributed by atoms with Gasteiger partial charge in [-0.05, 0) is 47.2 Å². The van der Waals surface area contributed by atoms with Crippen LogP contribution in [0.5, 0.6) is 0 Å². The molecule has 3 unspecified atom stereocenters. The average Bonchev–Trinajstić information content (AvgIpc) is 2.90. The van der Waals surface area contributed by atoms with Crippen LogP contribution in [0, 0.1) is 9.49 Å². The summed E-state index contributed by atoms with van der Waals surface area (Å²) in [5.74, 6) is -0.362. The van der Waals surface area contributed by atoms with E-state index in [0.717, 1.165) is 9.13 Å². The topological polar surface area (TPSA) is 59.0 Å². The standard InChI is InChI=1S/C14H16INO4/c1-8-12-11(7-17)20-16(13(12)14(18)19-8)6-9-3-2-4-10(15)5-9/h2-5,8,11-13,17H,6-7H2,1H3/t8?,11?,12-,13?/m1/s1. The van der Waals surface area contributed by atoms with Crippen LogP contribution in [-0.2, 0) is 20.9 Å². The Hall–Kier alpha value is -0.700. The third-order valence-electron chi connectivity index (χ3n) is 3.87. The Labute approximate surface area is 130 Å². The molecule has 1 aromatic rings. The Kier molecular flexibility index (Phi) is 3.98. The van der Waals surface area contributed by atoms with Gasteiger partial charge < -0.3 is 9.84 Å². The fourth-order valence-corrected chi connectivity index (χ4v) is 3.58. The zero-order valence-electron chi connectivity index (χ0n) is 11.0. The van der Waals surface area contributed by atoms with Gasteiger partial charge in [0.1, 0.15) is 18.2 Å². The number of hydroxylamine groups is 2. The summed E-state index contributed by atoms with van der Waals surface area (Å²) >= 11 is 2.25. The minimum Gasteiger partial charge on any atom is -0.461 e. The average molecular weight is 389 g/mol. The number of nitrogens with zero attached hydrogens (tertiary/aromatic N) is 1. The van der Waals surface area contributed by atoms with E-state index < -0.39 is 6.04 Å². The summed E-state index contributed by atoms with van der Waals surface area (Å²) in [4.78, 5) is 17.7. The van der Waals surface area contributed by atoms with Crippen LogP contribution in [0.1, 0.15) is 12.5 Å². The second-order valence-electron chi connectivity index (χ2n) is 5.20. The summed E-state index contributed by atoms with van der Waals surface area (Å²) in [7, 11) is 0. The van der Waals surface area contributed by atoms with Gasteiger partial charge in [0.05, 0.1) is 19.1 Å². The van der Waals surface area contributed by atoms with Crippen molar-refractivity contribution in [3.63, 3.8) is 0 Å². The molecule has 3 rings (SSSR count). The van der Waals surface area contributed by atoms with E-state index in [9.17, 15) is 9.90 Å². The number of cyclic esters (lactones) is 1. The summed E-state index contributed by atoms with van der Waals surface area (Å²) in [6.07, 6.45) is -0.588. The van der Waals surface area contributed by atoms with Crippen molar-refractivity contribution in [1.29, 1.82) is 0 Å². The Morgan fingerprint density at radius 2 is 2.25 bits per heavy atom. The number of hydrogen-bond donors (Lipinski definition) is 1. The van der Waals surface area contributed by atoms with E-state index in [-0.39, 0.29) is 30.7 Å². The number of halogens is 1. The number of aliphatic hydroxyl groups excluding tert-OH is 1. The summed E-state index contributed by atoms with van der Waals surface area (Å²) in [5.41, 5.74) is 1.07. The molecule has 20 heavy (non-hydrogen) atoms. The molecule has 0 saturated carbocycles. The summed E-state index contributed by atoms with van der Waals surface area (Å²) in [6.45, 7) is 2.25. The van der Waals surface area contributed by atoms with Crippen molar-refractivity contribution < 1.29 is 19.5 Å². The number of rotatable bonds is 3. The number of fused-ring (bicyclic) bond motifs is 1. The molecule has 0 aliphatic carbocycles. The molecule has 0 amide bonds. The molecule has 108 valence electrons. The van der Waals surface area contributed by atoms with Crippen molar-refractivity contribution in [1.82, 2.24) is 5.06 Å². The van der Waals surface area contributed by atoms with Gasteiger partial charge in [0.2, 0.25) is 0 Å². The first-order valence-electron chi connectivity index (χ1n) is 6.59. The van der Waals surface area contributed by atoms with Crippen molar-refractivity contribution in [2.45, 2.75) is 31.7 Å². The van der Waals surface area contributed by atoms with Crippen LogP contribution in [-0.4, -0.2) is 41.0 Å². The molecule has 2 aliphatic heterocycles. The first-order chi connectivity index (χ1) is 9.60. The Bertz CT molecular complexity index is 524. The lowest BCUT2D eigenvalue weighted by Gasteiger charge is -2.20. The molecule has 5 nitrogen and oxygen atoms in total. The van der Waals surface area contributed by atoms with Gasteiger partial charge in [0, 0.05) is 3.57 Å². The van der Waals surface area contributed by atoms with Gasteiger partial charge in [0.15, 0.2) is 0 Å². The molecule has 2 aliphatic rings. The molecule has 2 heterocycles. The zero-order chi connectivity index (χ0) is 14.3. The summed E-state index contributed by atoms with van der Waals surface area (Å²) < 4.78 is 6.41. The van der Waals surface area contributed by atoms with Crippen LogP contribution in [0.15, 0.2) is 24.3 Å². The number of carbonyl (C=O) groups is 1. The van der Waals surface area contributed by atoms with Crippen LogP contribution in [0.25, 0.3) is 0 Å². The smallest absolute Gasteiger partial charge is 0.326 e. The molecule has 1 N–H and O–H groups in total. The number of aliphatic hydroxyl groups is 1. The number of ether oxygens (including phenoxy) is 1. The molecular formula is C14H16INO4. The van der Waals surface area contributed by atoms with E-state index in [1.165, 1.54) is 0 Å². The first-order valence-corrected chi connectivity index (χ1v) is 7.67. The predicted molar refractivity (Wildman–Crippen MR) is 79.5 cm³/mol. The highest BCUT2D eigenvalue weighted by atomic mass is 127. The number of carbonyl (C=O) groups excluding carboxylic acids is 1. The van der Waals surface area contributed by atoms with Gasteiger partial charge in [-0.15, -0.1) is 0 Å². The molecular weight excluding hydrogens is 373 g/mol. The molecule has 0 spiro atoms. The SMILES string of the molecule is CC1OC(=O)C2[C@H]1C(CO)ON2Cc1cccc(I)c1. The maximum atomic E-state index is 12.0. The van der Waals surface area contributed by atoms with Gasteiger partial charge in [0.25, 0.3) is 0 Å². The summed E-state index contributed by atoms with van der Waals surface area (Å²) in [5, 5.41) is 11.1. The molecule has 0 aromatic heterocycles. The van der Waals surface area contributed by atoms with Gasteiger partial charge in [-0.2, -0.15) is 5.06 Å². The van der Waals surface area contributed by atoms with Crippen LogP contribution < -0.4 is 0 Å². The van der Waals surface area contributed by atoms with Gasteiger partial charge in [-0.25, -0.2) is 0 Å². The first kappa shape index (κ1) is 14.2. The lowest BCUT2D eigenvalue weighted by atomic mass is 9.93. The van der Waals surface area contributed by atoms with E-state index in [1.54, 1.807) is 5.06 Å². The fraction of sp³-hybridized carbons (Fsp3) is 0.500. The maximum absolute atomic E-state index is 12.0. The molecule has 0 bridgehead atoms. The van der Waals surface area contributed by atoms with Gasteiger partial charge >= 0.3 is 5.97 Å². The van der Waals surface area contributed by atoms with Crippen LogP contribution in [0.3, 0.4) is 0 Å². The number of esters is 1. The lowest BCUT2D eigenvalue weighted by Crippen LogP contribution is -2.35. The largest absolute Gasteiger partial charge is 0.461 e. The third-order valence-corrected chi connectivity index (χ3v) is 4.54. The molecule has 0 radical (unpaired) electrons. The Morgan fingerprint density at radius 1 is 1.45 bits per heavy atom. The zero-order valence-corrected chi connectivity index (χ0v) is 13.2. The molecule has 2 saturated heterocycles. The second-order valence-corrected chi connectivity index (χ2v) is 6.44. The van der Waals surface area contributed by atoms with Crippen LogP contribution in [0.4, 0.5) is 0 Å².